The fourth-order valence-corrected chi connectivity index (χ4v) is 2.63. The summed E-state index contributed by atoms with van der Waals surface area (Å²) in [4.78, 5) is 35.5. The lowest BCUT2D eigenvalue weighted by Crippen LogP contribution is -2.34. The van der Waals surface area contributed by atoms with Crippen LogP contribution in [0, 0.1) is 0 Å². The number of rotatable bonds is 4. The molecule has 1 aromatic rings. The van der Waals surface area contributed by atoms with Gasteiger partial charge in [0.15, 0.2) is 0 Å². The molecule has 1 amide bonds. The van der Waals surface area contributed by atoms with Gasteiger partial charge in [-0.15, -0.1) is 0 Å². The van der Waals surface area contributed by atoms with Gasteiger partial charge < -0.3 is 14.8 Å². The monoisotopic (exact) mass is 317 g/mol. The molecule has 0 aromatic heterocycles. The Morgan fingerprint density at radius 3 is 2.43 bits per heavy atom. The van der Waals surface area contributed by atoms with Gasteiger partial charge in [0.25, 0.3) is 0 Å². The molecule has 0 saturated heterocycles. The summed E-state index contributed by atoms with van der Waals surface area (Å²) in [6, 6.07) is 6.68. The van der Waals surface area contributed by atoms with Crippen molar-refractivity contribution in [1.29, 1.82) is 0 Å². The number of hydrogen-bond acceptors (Lipinski definition) is 5. The van der Waals surface area contributed by atoms with Gasteiger partial charge in [-0.1, -0.05) is 12.1 Å². The average molecular weight is 317 g/mol. The van der Waals surface area contributed by atoms with Crippen molar-refractivity contribution >= 4 is 17.8 Å². The minimum atomic E-state index is -0.438. The Morgan fingerprint density at radius 2 is 1.87 bits per heavy atom. The summed E-state index contributed by atoms with van der Waals surface area (Å²) in [5.74, 6) is -1.42. The van der Waals surface area contributed by atoms with Crippen LogP contribution in [0.15, 0.2) is 35.5 Å². The van der Waals surface area contributed by atoms with Crippen molar-refractivity contribution in [1.82, 2.24) is 5.32 Å². The van der Waals surface area contributed by atoms with Crippen molar-refractivity contribution in [2.75, 3.05) is 13.7 Å². The lowest BCUT2D eigenvalue weighted by atomic mass is 9.84. The van der Waals surface area contributed by atoms with Gasteiger partial charge in [-0.25, -0.2) is 9.59 Å². The highest BCUT2D eigenvalue weighted by atomic mass is 16.5. The predicted octanol–water partition coefficient (Wildman–Crippen LogP) is 1.91. The van der Waals surface area contributed by atoms with Crippen LogP contribution in [0.25, 0.3) is 0 Å². The summed E-state index contributed by atoms with van der Waals surface area (Å²) in [6.07, 6.45) is 0.156. The van der Waals surface area contributed by atoms with E-state index in [1.165, 1.54) is 7.11 Å². The molecular formula is C17H19NO5. The van der Waals surface area contributed by atoms with Crippen molar-refractivity contribution in [3.05, 3.63) is 46.7 Å². The summed E-state index contributed by atoms with van der Waals surface area (Å²) < 4.78 is 9.76. The Labute approximate surface area is 134 Å². The minimum Gasteiger partial charge on any atom is -0.465 e. The number of amides is 1. The molecule has 0 aliphatic carbocycles. The Morgan fingerprint density at radius 1 is 1.22 bits per heavy atom. The van der Waals surface area contributed by atoms with E-state index < -0.39 is 17.9 Å². The van der Waals surface area contributed by atoms with E-state index in [0.717, 1.165) is 5.56 Å². The third kappa shape index (κ3) is 3.59. The first-order valence-electron chi connectivity index (χ1n) is 7.34. The fourth-order valence-electron chi connectivity index (χ4n) is 2.63. The number of ether oxygens (including phenoxy) is 2. The quantitative estimate of drug-likeness (QED) is 0.858. The minimum absolute atomic E-state index is 0.155. The van der Waals surface area contributed by atoms with Gasteiger partial charge in [-0.05, 0) is 31.5 Å². The molecule has 0 radical (unpaired) electrons. The summed E-state index contributed by atoms with van der Waals surface area (Å²) >= 11 is 0. The van der Waals surface area contributed by atoms with E-state index in [-0.39, 0.29) is 18.9 Å². The van der Waals surface area contributed by atoms with E-state index in [0.29, 0.717) is 16.8 Å². The zero-order valence-electron chi connectivity index (χ0n) is 13.3. The molecule has 1 unspecified atom stereocenters. The van der Waals surface area contributed by atoms with Crippen LogP contribution in [-0.2, 0) is 19.1 Å². The highest BCUT2D eigenvalue weighted by Crippen LogP contribution is 2.33. The maximum Gasteiger partial charge on any atom is 0.337 e. The fraction of sp³-hybridized carbons (Fsp3) is 0.353. The average Bonchev–Trinajstić information content (AvgIpc) is 2.53. The molecule has 1 heterocycles. The summed E-state index contributed by atoms with van der Waals surface area (Å²) in [7, 11) is 1.31. The molecule has 1 atom stereocenters. The topological polar surface area (TPSA) is 81.7 Å². The van der Waals surface area contributed by atoms with E-state index in [2.05, 4.69) is 10.1 Å². The Balaban J connectivity index is 2.38. The number of hydrogen-bond donors (Lipinski definition) is 1. The second kappa shape index (κ2) is 7.09. The van der Waals surface area contributed by atoms with Gasteiger partial charge in [0.05, 0.1) is 24.9 Å². The first kappa shape index (κ1) is 16.7. The summed E-state index contributed by atoms with van der Waals surface area (Å²) in [5, 5.41) is 2.67. The molecule has 0 bridgehead atoms. The van der Waals surface area contributed by atoms with E-state index >= 15 is 0 Å². The van der Waals surface area contributed by atoms with Crippen LogP contribution in [0.1, 0.15) is 42.1 Å². The number of benzene rings is 1. The van der Waals surface area contributed by atoms with Crippen LogP contribution in [0.4, 0.5) is 0 Å². The third-order valence-corrected chi connectivity index (χ3v) is 3.70. The molecule has 1 N–H and O–H groups in total. The molecule has 0 spiro atoms. The summed E-state index contributed by atoms with van der Waals surface area (Å²) in [6.45, 7) is 3.67. The number of nitrogens with one attached hydrogen (secondary N) is 1. The lowest BCUT2D eigenvalue weighted by molar-refractivity contribution is -0.139. The van der Waals surface area contributed by atoms with Crippen LogP contribution in [-0.4, -0.2) is 31.6 Å². The second-order valence-electron chi connectivity index (χ2n) is 5.18. The van der Waals surface area contributed by atoms with E-state index in [4.69, 9.17) is 4.74 Å². The number of carbonyl (C=O) groups is 3. The zero-order valence-corrected chi connectivity index (χ0v) is 13.3. The molecule has 2 rings (SSSR count). The smallest absolute Gasteiger partial charge is 0.337 e. The van der Waals surface area contributed by atoms with Crippen LogP contribution in [0.3, 0.4) is 0 Å². The third-order valence-electron chi connectivity index (χ3n) is 3.70. The predicted molar refractivity (Wildman–Crippen MR) is 82.6 cm³/mol. The van der Waals surface area contributed by atoms with Crippen LogP contribution >= 0.6 is 0 Å². The van der Waals surface area contributed by atoms with Crippen LogP contribution in [0.2, 0.25) is 0 Å². The Bertz CT molecular complexity index is 660. The summed E-state index contributed by atoms with van der Waals surface area (Å²) in [5.41, 5.74) is 2.13. The maximum absolute atomic E-state index is 12.2. The van der Waals surface area contributed by atoms with Gasteiger partial charge in [-0.3, -0.25) is 4.79 Å². The SMILES string of the molecule is CCOC(=O)C1=C(C)NC(=O)CC1c1ccc(C(=O)OC)cc1. The van der Waals surface area contributed by atoms with Crippen molar-refractivity contribution in [3.63, 3.8) is 0 Å². The molecule has 6 heteroatoms. The van der Waals surface area contributed by atoms with Gasteiger partial charge in [0, 0.05) is 18.0 Å². The molecular weight excluding hydrogens is 298 g/mol. The van der Waals surface area contributed by atoms with Crippen molar-refractivity contribution < 1.29 is 23.9 Å². The van der Waals surface area contributed by atoms with Crippen LogP contribution in [0.5, 0.6) is 0 Å². The number of methoxy groups -OCH3 is 1. The molecule has 6 nitrogen and oxygen atoms in total. The van der Waals surface area contributed by atoms with Crippen molar-refractivity contribution in [2.24, 2.45) is 0 Å². The highest BCUT2D eigenvalue weighted by Gasteiger charge is 2.32. The standard InChI is InChI=1S/C17H19NO5/c1-4-23-17(21)15-10(2)18-14(19)9-13(15)11-5-7-12(8-6-11)16(20)22-3/h5-8,13H,4,9H2,1-3H3,(H,18,19). The van der Waals surface area contributed by atoms with Gasteiger partial charge >= 0.3 is 11.9 Å². The number of carbonyl (C=O) groups excluding carboxylic acids is 3. The van der Waals surface area contributed by atoms with Crippen molar-refractivity contribution in [3.8, 4) is 0 Å². The first-order valence-corrected chi connectivity index (χ1v) is 7.34. The Hall–Kier alpha value is -2.63. The van der Waals surface area contributed by atoms with Gasteiger partial charge in [-0.2, -0.15) is 0 Å². The Kier molecular flexibility index (Phi) is 5.16. The van der Waals surface area contributed by atoms with E-state index in [9.17, 15) is 14.4 Å². The first-order chi connectivity index (χ1) is 11.0. The zero-order chi connectivity index (χ0) is 17.0. The molecule has 1 aliphatic heterocycles. The molecule has 0 saturated carbocycles. The largest absolute Gasteiger partial charge is 0.465 e. The highest BCUT2D eigenvalue weighted by molar-refractivity contribution is 5.96. The number of allylic oxidation sites excluding steroid dienone is 1. The van der Waals surface area contributed by atoms with E-state index in [1.54, 1.807) is 38.1 Å². The number of esters is 2. The van der Waals surface area contributed by atoms with Crippen LogP contribution < -0.4 is 5.32 Å². The van der Waals surface area contributed by atoms with Gasteiger partial charge in [0.2, 0.25) is 5.91 Å². The molecule has 23 heavy (non-hydrogen) atoms. The lowest BCUT2D eigenvalue weighted by Gasteiger charge is -2.26. The van der Waals surface area contributed by atoms with E-state index in [1.807, 2.05) is 0 Å². The normalized spacial score (nSPS) is 17.5. The van der Waals surface area contributed by atoms with Crippen molar-refractivity contribution in [2.45, 2.75) is 26.2 Å². The molecule has 122 valence electrons. The second-order valence-corrected chi connectivity index (χ2v) is 5.18. The molecule has 1 aromatic carbocycles. The van der Waals surface area contributed by atoms with Gasteiger partial charge in [0.1, 0.15) is 0 Å². The molecule has 0 fully saturated rings. The maximum atomic E-state index is 12.2. The molecule has 1 aliphatic rings.